The van der Waals surface area contributed by atoms with E-state index < -0.39 is 0 Å². The second-order valence-electron chi connectivity index (χ2n) is 2.34. The number of rotatable bonds is 5. The highest BCUT2D eigenvalue weighted by Gasteiger charge is 1.95. The van der Waals surface area contributed by atoms with Crippen molar-refractivity contribution in [1.82, 2.24) is 10.7 Å². The van der Waals surface area contributed by atoms with Gasteiger partial charge in [0, 0.05) is 11.4 Å². The molecule has 0 aromatic carbocycles. The Labute approximate surface area is 84.4 Å². The molecule has 0 amide bonds. The average molecular weight is 250 g/mol. The normalized spacial score (nSPS) is 10.5. The average Bonchev–Trinajstić information content (AvgIpc) is 2.45. The molecule has 0 fully saturated rings. The standard InChI is InChI=1S/C7H12BrN3S/c8-7-2-1-6(12-7)3-4-10-5-11-9/h1-2,10-11H,3-5,9H2. The Bertz CT molecular complexity index is 226. The molecule has 0 aliphatic rings. The fourth-order valence-corrected chi connectivity index (χ4v) is 2.34. The van der Waals surface area contributed by atoms with E-state index in [1.807, 2.05) is 0 Å². The van der Waals surface area contributed by atoms with Crippen LogP contribution >= 0.6 is 27.3 Å². The van der Waals surface area contributed by atoms with Crippen LogP contribution in [0.15, 0.2) is 15.9 Å². The number of nitrogens with one attached hydrogen (secondary N) is 2. The molecule has 0 radical (unpaired) electrons. The summed E-state index contributed by atoms with van der Waals surface area (Å²) in [5.74, 6) is 5.09. The Kier molecular flexibility index (Phi) is 4.79. The number of hydrazine groups is 1. The van der Waals surface area contributed by atoms with Crippen LogP contribution in [0.5, 0.6) is 0 Å². The molecule has 0 unspecified atom stereocenters. The summed E-state index contributed by atoms with van der Waals surface area (Å²) >= 11 is 5.19. The number of hydrogen-bond donors (Lipinski definition) is 3. The maximum absolute atomic E-state index is 5.09. The molecule has 1 heterocycles. The van der Waals surface area contributed by atoms with Gasteiger partial charge < -0.3 is 5.32 Å². The summed E-state index contributed by atoms with van der Waals surface area (Å²) in [7, 11) is 0. The van der Waals surface area contributed by atoms with E-state index in [4.69, 9.17) is 5.84 Å². The molecule has 68 valence electrons. The third-order valence-electron chi connectivity index (χ3n) is 1.40. The Balaban J connectivity index is 2.15. The molecule has 0 bridgehead atoms. The van der Waals surface area contributed by atoms with E-state index in [1.165, 1.54) is 8.66 Å². The fourth-order valence-electron chi connectivity index (χ4n) is 0.858. The van der Waals surface area contributed by atoms with Gasteiger partial charge in [0.15, 0.2) is 0 Å². The first-order valence-electron chi connectivity index (χ1n) is 3.71. The lowest BCUT2D eigenvalue weighted by Gasteiger charge is -2.00. The van der Waals surface area contributed by atoms with Gasteiger partial charge >= 0.3 is 0 Å². The van der Waals surface area contributed by atoms with Crippen LogP contribution in [0.4, 0.5) is 0 Å². The molecule has 1 rings (SSSR count). The molecule has 1 aromatic rings. The number of halogens is 1. The van der Waals surface area contributed by atoms with Crippen LogP contribution in [0.2, 0.25) is 0 Å². The van der Waals surface area contributed by atoms with E-state index in [-0.39, 0.29) is 0 Å². The zero-order valence-corrected chi connectivity index (χ0v) is 9.04. The number of nitrogens with two attached hydrogens (primary N) is 1. The van der Waals surface area contributed by atoms with Crippen LogP contribution in [-0.2, 0) is 6.42 Å². The van der Waals surface area contributed by atoms with Crippen molar-refractivity contribution in [2.45, 2.75) is 6.42 Å². The van der Waals surface area contributed by atoms with Gasteiger partial charge in [0.05, 0.1) is 10.5 Å². The first-order valence-corrected chi connectivity index (χ1v) is 5.32. The van der Waals surface area contributed by atoms with Crippen LogP contribution in [0, 0.1) is 0 Å². The minimum Gasteiger partial charge on any atom is -0.303 e. The monoisotopic (exact) mass is 249 g/mol. The van der Waals surface area contributed by atoms with Crippen molar-refractivity contribution in [3.8, 4) is 0 Å². The van der Waals surface area contributed by atoms with Gasteiger partial charge in [-0.1, -0.05) is 0 Å². The number of thiophene rings is 1. The second kappa shape index (κ2) is 5.66. The van der Waals surface area contributed by atoms with E-state index in [2.05, 4.69) is 38.8 Å². The Morgan fingerprint density at radius 2 is 2.33 bits per heavy atom. The zero-order valence-electron chi connectivity index (χ0n) is 6.64. The Morgan fingerprint density at radius 3 is 2.92 bits per heavy atom. The molecular weight excluding hydrogens is 238 g/mol. The largest absolute Gasteiger partial charge is 0.303 e. The first kappa shape index (κ1) is 10.1. The minimum absolute atomic E-state index is 0.659. The van der Waals surface area contributed by atoms with E-state index in [1.54, 1.807) is 11.3 Å². The summed E-state index contributed by atoms with van der Waals surface area (Å²) in [5, 5.41) is 3.15. The quantitative estimate of drug-likeness (QED) is 0.317. The SMILES string of the molecule is NNCNCCc1ccc(Br)s1. The van der Waals surface area contributed by atoms with Crippen molar-refractivity contribution < 1.29 is 0 Å². The molecular formula is C7H12BrN3S. The highest BCUT2D eigenvalue weighted by Crippen LogP contribution is 2.21. The molecule has 12 heavy (non-hydrogen) atoms. The highest BCUT2D eigenvalue weighted by atomic mass is 79.9. The smallest absolute Gasteiger partial charge is 0.0701 e. The van der Waals surface area contributed by atoms with Gasteiger partial charge in [0.2, 0.25) is 0 Å². The van der Waals surface area contributed by atoms with Gasteiger partial charge in [0.1, 0.15) is 0 Å². The van der Waals surface area contributed by atoms with Crippen LogP contribution in [0.3, 0.4) is 0 Å². The van der Waals surface area contributed by atoms with Gasteiger partial charge in [-0.25, -0.2) is 5.43 Å². The summed E-state index contributed by atoms with van der Waals surface area (Å²) in [4.78, 5) is 1.38. The molecule has 5 heteroatoms. The molecule has 0 spiro atoms. The van der Waals surface area contributed by atoms with Gasteiger partial charge in [-0.15, -0.1) is 11.3 Å². The van der Waals surface area contributed by atoms with E-state index in [0.717, 1.165) is 13.0 Å². The Hall–Kier alpha value is 0.0600. The van der Waals surface area contributed by atoms with Crippen molar-refractivity contribution in [2.24, 2.45) is 5.84 Å². The Morgan fingerprint density at radius 1 is 1.50 bits per heavy atom. The first-order chi connectivity index (χ1) is 5.83. The van der Waals surface area contributed by atoms with Gasteiger partial charge in [-0.3, -0.25) is 5.84 Å². The summed E-state index contributed by atoms with van der Waals surface area (Å²) in [6.07, 6.45) is 1.05. The van der Waals surface area contributed by atoms with Gasteiger partial charge in [0.25, 0.3) is 0 Å². The maximum Gasteiger partial charge on any atom is 0.0701 e. The van der Waals surface area contributed by atoms with E-state index in [9.17, 15) is 0 Å². The highest BCUT2D eigenvalue weighted by molar-refractivity contribution is 9.11. The summed E-state index contributed by atoms with van der Waals surface area (Å²) < 4.78 is 1.19. The number of hydrogen-bond acceptors (Lipinski definition) is 4. The predicted octanol–water partition coefficient (Wildman–Crippen LogP) is 1.06. The molecule has 0 atom stereocenters. The topological polar surface area (TPSA) is 50.1 Å². The zero-order chi connectivity index (χ0) is 8.81. The van der Waals surface area contributed by atoms with Crippen molar-refractivity contribution in [3.05, 3.63) is 20.8 Å². The molecule has 4 N–H and O–H groups in total. The third-order valence-corrected chi connectivity index (χ3v) is 3.09. The van der Waals surface area contributed by atoms with E-state index >= 15 is 0 Å². The maximum atomic E-state index is 5.09. The summed E-state index contributed by atoms with van der Waals surface area (Å²) in [6, 6.07) is 4.20. The minimum atomic E-state index is 0.659. The molecule has 1 aromatic heterocycles. The van der Waals surface area contributed by atoms with Crippen LogP contribution < -0.4 is 16.6 Å². The lowest BCUT2D eigenvalue weighted by atomic mass is 10.3. The van der Waals surface area contributed by atoms with E-state index in [0.29, 0.717) is 6.67 Å². The second-order valence-corrected chi connectivity index (χ2v) is 4.88. The fraction of sp³-hybridized carbons (Fsp3) is 0.429. The van der Waals surface area contributed by atoms with Crippen LogP contribution in [-0.4, -0.2) is 13.2 Å². The van der Waals surface area contributed by atoms with Gasteiger partial charge in [-0.2, -0.15) is 0 Å². The van der Waals surface area contributed by atoms with Crippen molar-refractivity contribution in [1.29, 1.82) is 0 Å². The van der Waals surface area contributed by atoms with Crippen LogP contribution in [0.25, 0.3) is 0 Å². The predicted molar refractivity (Wildman–Crippen MR) is 55.9 cm³/mol. The van der Waals surface area contributed by atoms with Crippen molar-refractivity contribution >= 4 is 27.3 Å². The molecule has 0 aliphatic carbocycles. The summed E-state index contributed by atoms with van der Waals surface area (Å²) in [5.41, 5.74) is 2.54. The molecule has 0 aliphatic heterocycles. The molecule has 0 saturated carbocycles. The van der Waals surface area contributed by atoms with Gasteiger partial charge in [-0.05, 0) is 34.5 Å². The lowest BCUT2D eigenvalue weighted by Crippen LogP contribution is -2.34. The molecule has 0 saturated heterocycles. The van der Waals surface area contributed by atoms with Crippen molar-refractivity contribution in [2.75, 3.05) is 13.2 Å². The van der Waals surface area contributed by atoms with Crippen molar-refractivity contribution in [3.63, 3.8) is 0 Å². The van der Waals surface area contributed by atoms with Crippen LogP contribution in [0.1, 0.15) is 4.88 Å². The molecule has 3 nitrogen and oxygen atoms in total. The lowest BCUT2D eigenvalue weighted by molar-refractivity contribution is 0.603. The summed E-state index contributed by atoms with van der Waals surface area (Å²) in [6.45, 7) is 1.61. The third kappa shape index (κ3) is 3.64.